The van der Waals surface area contributed by atoms with E-state index in [9.17, 15) is 9.18 Å². The van der Waals surface area contributed by atoms with Crippen molar-refractivity contribution in [1.82, 2.24) is 19.6 Å². The number of piperidine rings is 1. The van der Waals surface area contributed by atoms with Crippen LogP contribution in [0.5, 0.6) is 0 Å². The summed E-state index contributed by atoms with van der Waals surface area (Å²) in [6, 6.07) is -3.72. The molecule has 4 heterocycles. The molecule has 7 heteroatoms. The molecule has 0 amide bonds. The lowest BCUT2D eigenvalue weighted by molar-refractivity contribution is 0.211. The summed E-state index contributed by atoms with van der Waals surface area (Å²) >= 11 is 0. The third kappa shape index (κ3) is 3.55. The van der Waals surface area contributed by atoms with Crippen LogP contribution < -0.4 is 5.56 Å². The molecule has 2 aliphatic heterocycles. The van der Waals surface area contributed by atoms with Crippen molar-refractivity contribution >= 4 is 11.0 Å². The number of halogens is 1. The second kappa shape index (κ2) is 7.95. The van der Waals surface area contributed by atoms with Crippen molar-refractivity contribution in [3.05, 3.63) is 57.1 Å². The summed E-state index contributed by atoms with van der Waals surface area (Å²) < 4.78 is 183. The molecule has 3 aromatic rings. The molecule has 0 unspecified atom stereocenters. The molecule has 0 bridgehead atoms. The molecule has 0 atom stereocenters. The number of hydrogen-bond acceptors (Lipinski definition) is 5. The van der Waals surface area contributed by atoms with Crippen LogP contribution in [0, 0.1) is 12.7 Å². The third-order valence-corrected chi connectivity index (χ3v) is 4.61. The summed E-state index contributed by atoms with van der Waals surface area (Å²) in [5.74, 6) is -5.69. The summed E-state index contributed by atoms with van der Waals surface area (Å²) in [6.45, 7) is -16.5. The van der Waals surface area contributed by atoms with Crippen molar-refractivity contribution in [3.8, 4) is 0 Å². The number of hydrogen-bond donors (Lipinski definition) is 0. The van der Waals surface area contributed by atoms with E-state index >= 15 is 0 Å². The Kier molecular flexibility index (Phi) is 2.00. The van der Waals surface area contributed by atoms with Crippen LogP contribution in [0.1, 0.15) is 80.3 Å². The molecular weight excluding hydrogens is 383 g/mol. The highest BCUT2D eigenvalue weighted by Gasteiger charge is 2.25. The van der Waals surface area contributed by atoms with E-state index in [0.29, 0.717) is 12.8 Å². The molecule has 158 valence electrons. The van der Waals surface area contributed by atoms with Crippen LogP contribution in [0.2, 0.25) is 0 Å². The lowest BCUT2D eigenvalue weighted by Gasteiger charge is -2.31. The van der Waals surface area contributed by atoms with Gasteiger partial charge in [-0.05, 0) is 63.9 Å². The van der Waals surface area contributed by atoms with Gasteiger partial charge >= 0.3 is 0 Å². The van der Waals surface area contributed by atoms with Crippen LogP contribution in [0.4, 0.5) is 4.39 Å². The monoisotopic (exact) mass is 429 g/mol. The minimum Gasteiger partial charge on any atom is -0.356 e. The van der Waals surface area contributed by atoms with E-state index in [-0.39, 0.29) is 18.8 Å². The van der Waals surface area contributed by atoms with E-state index in [2.05, 4.69) is 10.1 Å². The number of fused-ring (bicyclic) bond motifs is 2. The zero-order valence-corrected chi connectivity index (χ0v) is 15.3. The molecule has 5 rings (SSSR count). The highest BCUT2D eigenvalue weighted by molar-refractivity contribution is 5.79. The molecule has 6 nitrogen and oxygen atoms in total. The van der Waals surface area contributed by atoms with Gasteiger partial charge in [-0.3, -0.25) is 9.36 Å². The Morgan fingerprint density at radius 1 is 1.43 bits per heavy atom. The highest BCUT2D eigenvalue weighted by Crippen LogP contribution is 2.32. The molecule has 30 heavy (non-hydrogen) atoms. The van der Waals surface area contributed by atoms with Crippen molar-refractivity contribution in [2.75, 3.05) is 19.5 Å². The van der Waals surface area contributed by atoms with E-state index < -0.39 is 114 Å². The first kappa shape index (κ1) is 7.55. The van der Waals surface area contributed by atoms with Crippen LogP contribution in [0.15, 0.2) is 27.4 Å². The van der Waals surface area contributed by atoms with Gasteiger partial charge in [0.1, 0.15) is 11.6 Å². The van der Waals surface area contributed by atoms with Gasteiger partial charge in [0.05, 0.1) is 9.81 Å². The van der Waals surface area contributed by atoms with E-state index in [1.165, 1.54) is 0 Å². The molecule has 0 saturated carbocycles. The fourth-order valence-electron chi connectivity index (χ4n) is 3.17. The smallest absolute Gasteiger partial charge is 0.256 e. The Morgan fingerprint density at radius 2 is 2.30 bits per heavy atom. The van der Waals surface area contributed by atoms with Crippen molar-refractivity contribution in [3.63, 3.8) is 0 Å². The lowest BCUT2D eigenvalue weighted by Crippen LogP contribution is -2.37. The normalized spacial score (nSPS) is 36.5. The largest absolute Gasteiger partial charge is 0.356 e. The number of rotatable bonds is 4. The fourth-order valence-corrected chi connectivity index (χ4v) is 3.17. The Hall–Kier alpha value is -2.54. The van der Waals surface area contributed by atoms with E-state index in [4.69, 9.17) is 30.6 Å². The molecule has 0 spiro atoms. The van der Waals surface area contributed by atoms with Crippen LogP contribution in [-0.2, 0) is 19.3 Å². The maximum Gasteiger partial charge on any atom is 0.256 e. The number of aryl methyl sites for hydroxylation is 2. The van der Waals surface area contributed by atoms with Crippen molar-refractivity contribution in [2.45, 2.75) is 57.7 Å². The quantitative estimate of drug-likeness (QED) is 0.634. The first-order chi connectivity index (χ1) is 22.0. The van der Waals surface area contributed by atoms with E-state index in [0.717, 1.165) is 4.57 Å². The van der Waals surface area contributed by atoms with Crippen LogP contribution >= 0.6 is 0 Å². The summed E-state index contributed by atoms with van der Waals surface area (Å²) in [5, 5.41) is 2.32. The third-order valence-electron chi connectivity index (χ3n) is 4.61. The van der Waals surface area contributed by atoms with E-state index in [1.807, 2.05) is 0 Å². The molecule has 1 aromatic carbocycles. The predicted octanol–water partition coefficient (Wildman–Crippen LogP) is 3.59. The van der Waals surface area contributed by atoms with Gasteiger partial charge in [0.2, 0.25) is 0 Å². The van der Waals surface area contributed by atoms with Crippen LogP contribution in [-0.4, -0.2) is 39.1 Å². The van der Waals surface area contributed by atoms with Gasteiger partial charge in [0.15, 0.2) is 5.58 Å². The Bertz CT molecular complexity index is 1910. The number of benzene rings is 1. The van der Waals surface area contributed by atoms with Crippen LogP contribution in [0.3, 0.4) is 0 Å². The Labute approximate surface area is 201 Å². The molecule has 1 saturated heterocycles. The second-order valence-electron chi connectivity index (χ2n) is 6.51. The van der Waals surface area contributed by atoms with Gasteiger partial charge in [-0.1, -0.05) is 5.16 Å². The molecule has 0 radical (unpaired) electrons. The molecule has 2 aromatic heterocycles. The fraction of sp³-hybridized carbons (Fsp3) is 0.522. The molecule has 0 N–H and O–H groups in total. The van der Waals surface area contributed by atoms with Crippen molar-refractivity contribution < 1.29 is 35.0 Å². The maximum absolute atomic E-state index is 14.4. The zero-order chi connectivity index (χ0) is 37.5. The molecule has 1 fully saturated rings. The zero-order valence-electron chi connectivity index (χ0n) is 34.3. The molecule has 2 aliphatic rings. The molecular formula is C23H27FN4O2. The highest BCUT2D eigenvalue weighted by atomic mass is 19.1. The van der Waals surface area contributed by atoms with Crippen molar-refractivity contribution in [1.29, 1.82) is 0 Å². The van der Waals surface area contributed by atoms with Crippen LogP contribution in [0.25, 0.3) is 11.0 Å². The summed E-state index contributed by atoms with van der Waals surface area (Å²) in [5.41, 5.74) is -6.44. The van der Waals surface area contributed by atoms with Gasteiger partial charge in [-0.2, -0.15) is 0 Å². The van der Waals surface area contributed by atoms with Gasteiger partial charge in [-0.15, -0.1) is 0 Å². The Balaban J connectivity index is 1.81. The average molecular weight is 430 g/mol. The lowest BCUT2D eigenvalue weighted by atomic mass is 9.91. The minimum absolute atomic E-state index is 0.0575. The standard InChI is InChI=1S/C23H27FN4O2/c1-15-18(23(29)28-10-3-2-4-21(28)25-15)9-13-27-11-7-16(8-12-27)22-19-6-5-17(24)14-20(19)30-26-22/h5-6,14,16H,2-4,7-13H2,1H3/i1D3,5D,6D,7D2,8D2,9D2,11D2,12D2,13D2,14D,16D. The topological polar surface area (TPSA) is 64.2 Å². The summed E-state index contributed by atoms with van der Waals surface area (Å²) in [7, 11) is 0. The maximum atomic E-state index is 14.4. The van der Waals surface area contributed by atoms with Gasteiger partial charge < -0.3 is 9.42 Å². The second-order valence-corrected chi connectivity index (χ2v) is 6.51. The first-order valence-corrected chi connectivity index (χ1v) is 8.99. The summed E-state index contributed by atoms with van der Waals surface area (Å²) in [6.07, 6.45) is -11.6. The van der Waals surface area contributed by atoms with Crippen molar-refractivity contribution in [2.24, 2.45) is 0 Å². The van der Waals surface area contributed by atoms with Gasteiger partial charge in [0, 0.05) is 70.0 Å². The van der Waals surface area contributed by atoms with E-state index in [1.54, 1.807) is 0 Å². The number of likely N-dealkylation sites (tertiary alicyclic amines) is 1. The van der Waals surface area contributed by atoms with Gasteiger partial charge in [0.25, 0.3) is 5.56 Å². The average Bonchev–Trinajstić information content (AvgIpc) is 3.42. The predicted molar refractivity (Wildman–Crippen MR) is 112 cm³/mol. The number of aromatic nitrogens is 3. The Morgan fingerprint density at radius 3 is 3.13 bits per heavy atom. The number of nitrogens with zero attached hydrogens (tertiary/aromatic N) is 4. The minimum atomic E-state index is -4.36. The van der Waals surface area contributed by atoms with Gasteiger partial charge in [-0.25, -0.2) is 9.37 Å². The SMILES string of the molecule is [2H]c1c(F)c([2H])c2onc(C3([2H])C([2H])([2H])C([2H])([2H])N(C([2H])([2H])C([2H])([2H])c4c(C([2H])([2H])[2H])nc5n(c4=O)CCCC5)C([2H])([2H])C3([2H])[2H])c2c1[2H]. The first-order valence-electron chi connectivity index (χ1n) is 18.5. The summed E-state index contributed by atoms with van der Waals surface area (Å²) in [4.78, 5) is 16.8. The molecule has 0 aliphatic carbocycles.